The number of hydrogen-bond acceptors (Lipinski definition) is 4. The second-order valence-corrected chi connectivity index (χ2v) is 5.86. The Labute approximate surface area is 141 Å². The Bertz CT molecular complexity index is 613. The number of nitrogens with zero attached hydrogens (tertiary/aromatic N) is 1. The molecule has 0 saturated carbocycles. The molecule has 1 aromatic rings. The molecule has 1 aliphatic rings. The summed E-state index contributed by atoms with van der Waals surface area (Å²) in [6.07, 6.45) is -0.0308. The monoisotopic (exact) mass is 335 g/mol. The second-order valence-electron chi connectivity index (χ2n) is 5.48. The van der Waals surface area contributed by atoms with Gasteiger partial charge >= 0.3 is 5.97 Å². The van der Waals surface area contributed by atoms with Gasteiger partial charge in [0.2, 0.25) is 5.91 Å². The number of benzene rings is 1. The molecule has 0 spiro atoms. The van der Waals surface area contributed by atoms with E-state index in [2.05, 4.69) is 15.4 Å². The number of piperazine rings is 1. The molecule has 6 nitrogen and oxygen atoms in total. The van der Waals surface area contributed by atoms with E-state index in [4.69, 9.17) is 12.2 Å². The number of amides is 1. The first-order valence-corrected chi connectivity index (χ1v) is 7.83. The van der Waals surface area contributed by atoms with Crippen LogP contribution in [-0.4, -0.2) is 48.1 Å². The molecule has 2 N–H and O–H groups in total. The van der Waals surface area contributed by atoms with Gasteiger partial charge in [0, 0.05) is 18.8 Å². The minimum atomic E-state index is -0.652. The van der Waals surface area contributed by atoms with Gasteiger partial charge in [0.1, 0.15) is 6.04 Å². The van der Waals surface area contributed by atoms with E-state index in [1.54, 1.807) is 4.90 Å². The van der Waals surface area contributed by atoms with E-state index in [9.17, 15) is 9.59 Å². The van der Waals surface area contributed by atoms with Gasteiger partial charge in [-0.2, -0.15) is 0 Å². The molecule has 1 amide bonds. The number of para-hydroxylation sites is 1. The van der Waals surface area contributed by atoms with Crippen molar-refractivity contribution in [2.45, 2.75) is 26.3 Å². The average molecular weight is 335 g/mol. The third-order valence-electron chi connectivity index (χ3n) is 3.89. The number of anilines is 1. The summed E-state index contributed by atoms with van der Waals surface area (Å²) in [5, 5.41) is 6.41. The Morgan fingerprint density at radius 2 is 2.09 bits per heavy atom. The third kappa shape index (κ3) is 3.98. The maximum absolute atomic E-state index is 12.1. The molecule has 0 radical (unpaired) electrons. The molecule has 1 atom stereocenters. The first-order valence-electron chi connectivity index (χ1n) is 7.42. The summed E-state index contributed by atoms with van der Waals surface area (Å²) in [5.74, 6) is -0.653. The number of thiocarbonyl (C=S) groups is 1. The van der Waals surface area contributed by atoms with Gasteiger partial charge in [-0.25, -0.2) is 0 Å². The maximum Gasteiger partial charge on any atom is 0.308 e. The van der Waals surface area contributed by atoms with E-state index in [-0.39, 0.29) is 12.3 Å². The van der Waals surface area contributed by atoms with Crippen LogP contribution in [0.3, 0.4) is 0 Å². The number of rotatable bonds is 3. The number of hydrogen-bond donors (Lipinski definition) is 2. The number of nitrogens with one attached hydrogen (secondary N) is 2. The lowest BCUT2D eigenvalue weighted by Crippen LogP contribution is -2.58. The van der Waals surface area contributed by atoms with Gasteiger partial charge in [-0.15, -0.1) is 0 Å². The van der Waals surface area contributed by atoms with Crippen LogP contribution in [0.4, 0.5) is 5.69 Å². The van der Waals surface area contributed by atoms with Crippen LogP contribution in [0.5, 0.6) is 0 Å². The van der Waals surface area contributed by atoms with Crippen molar-refractivity contribution in [1.82, 2.24) is 10.2 Å². The molecule has 0 aliphatic carbocycles. The fourth-order valence-electron chi connectivity index (χ4n) is 2.59. The smallest absolute Gasteiger partial charge is 0.308 e. The molecular formula is C16H21N3O3S. The van der Waals surface area contributed by atoms with Crippen LogP contribution >= 0.6 is 12.2 Å². The number of ether oxygens (including phenoxy) is 1. The van der Waals surface area contributed by atoms with Crippen molar-refractivity contribution in [1.29, 1.82) is 0 Å². The fourth-order valence-corrected chi connectivity index (χ4v) is 2.91. The first-order chi connectivity index (χ1) is 10.9. The number of aryl methyl sites for hydroxylation is 2. The van der Waals surface area contributed by atoms with Crippen LogP contribution in [0, 0.1) is 13.8 Å². The molecule has 1 aromatic carbocycles. The zero-order valence-electron chi connectivity index (χ0n) is 13.5. The van der Waals surface area contributed by atoms with E-state index in [1.807, 2.05) is 32.0 Å². The Kier molecular flexibility index (Phi) is 5.54. The van der Waals surface area contributed by atoms with Crippen molar-refractivity contribution >= 4 is 34.9 Å². The third-order valence-corrected chi connectivity index (χ3v) is 4.23. The van der Waals surface area contributed by atoms with Crippen LogP contribution < -0.4 is 10.6 Å². The van der Waals surface area contributed by atoms with Crippen LogP contribution in [0.25, 0.3) is 0 Å². The Morgan fingerprint density at radius 3 is 2.70 bits per heavy atom. The molecule has 124 valence electrons. The minimum absolute atomic E-state index is 0.0308. The highest BCUT2D eigenvalue weighted by Gasteiger charge is 2.33. The van der Waals surface area contributed by atoms with E-state index in [1.165, 1.54) is 7.11 Å². The van der Waals surface area contributed by atoms with Crippen molar-refractivity contribution < 1.29 is 14.3 Å². The summed E-state index contributed by atoms with van der Waals surface area (Å²) in [6, 6.07) is 5.31. The van der Waals surface area contributed by atoms with Gasteiger partial charge in [-0.3, -0.25) is 9.59 Å². The summed E-state index contributed by atoms with van der Waals surface area (Å²) in [4.78, 5) is 25.4. The summed E-state index contributed by atoms with van der Waals surface area (Å²) < 4.78 is 4.68. The molecule has 7 heteroatoms. The highest BCUT2D eigenvalue weighted by molar-refractivity contribution is 7.80. The van der Waals surface area contributed by atoms with Crippen molar-refractivity contribution in [3.63, 3.8) is 0 Å². The topological polar surface area (TPSA) is 70.7 Å². The highest BCUT2D eigenvalue weighted by atomic mass is 32.1. The zero-order valence-corrected chi connectivity index (χ0v) is 14.3. The van der Waals surface area contributed by atoms with Crippen LogP contribution in [0.15, 0.2) is 18.2 Å². The standard InChI is InChI=1S/C16H21N3O3S/c1-10-5-4-6-11(2)14(10)18-16(23)19-8-7-17-15(21)12(19)9-13(20)22-3/h4-6,12H,7-9H2,1-3H3,(H,17,21)(H,18,23). The van der Waals surface area contributed by atoms with E-state index in [0.29, 0.717) is 18.2 Å². The van der Waals surface area contributed by atoms with Gasteiger partial charge in [0.15, 0.2) is 5.11 Å². The molecule has 1 aliphatic heterocycles. The van der Waals surface area contributed by atoms with E-state index >= 15 is 0 Å². The van der Waals surface area contributed by atoms with Crippen LogP contribution in [0.1, 0.15) is 17.5 Å². The highest BCUT2D eigenvalue weighted by Crippen LogP contribution is 2.21. The summed E-state index contributed by atoms with van der Waals surface area (Å²) in [5.41, 5.74) is 3.07. The summed E-state index contributed by atoms with van der Waals surface area (Å²) in [7, 11) is 1.31. The molecule has 0 bridgehead atoms. The fraction of sp³-hybridized carbons (Fsp3) is 0.438. The largest absolute Gasteiger partial charge is 0.469 e. The van der Waals surface area contributed by atoms with Crippen LogP contribution in [-0.2, 0) is 14.3 Å². The molecule has 2 rings (SSSR count). The zero-order chi connectivity index (χ0) is 17.0. The van der Waals surface area contributed by atoms with Gasteiger partial charge in [-0.1, -0.05) is 18.2 Å². The van der Waals surface area contributed by atoms with Gasteiger partial charge in [0.25, 0.3) is 0 Å². The molecule has 23 heavy (non-hydrogen) atoms. The Morgan fingerprint density at radius 1 is 1.43 bits per heavy atom. The van der Waals surface area contributed by atoms with Gasteiger partial charge in [-0.05, 0) is 37.2 Å². The lowest BCUT2D eigenvalue weighted by atomic mass is 10.1. The van der Waals surface area contributed by atoms with Crippen LogP contribution in [0.2, 0.25) is 0 Å². The minimum Gasteiger partial charge on any atom is -0.469 e. The van der Waals surface area contributed by atoms with E-state index < -0.39 is 12.0 Å². The molecular weight excluding hydrogens is 314 g/mol. The molecule has 1 heterocycles. The number of carbonyl (C=O) groups is 2. The molecule has 0 aromatic heterocycles. The number of methoxy groups -OCH3 is 1. The number of carbonyl (C=O) groups excluding carboxylic acids is 2. The first kappa shape index (κ1) is 17.2. The van der Waals surface area contributed by atoms with E-state index in [0.717, 1.165) is 16.8 Å². The predicted octanol–water partition coefficient (Wildman–Crippen LogP) is 1.36. The van der Waals surface area contributed by atoms with Crippen molar-refractivity contribution in [3.05, 3.63) is 29.3 Å². The number of esters is 1. The van der Waals surface area contributed by atoms with Crippen molar-refractivity contribution in [2.24, 2.45) is 0 Å². The lowest BCUT2D eigenvalue weighted by molar-refractivity contribution is -0.144. The maximum atomic E-state index is 12.1. The predicted molar refractivity (Wildman–Crippen MR) is 92.3 cm³/mol. The molecule has 1 fully saturated rings. The van der Waals surface area contributed by atoms with Gasteiger partial charge < -0.3 is 20.3 Å². The summed E-state index contributed by atoms with van der Waals surface area (Å²) >= 11 is 5.48. The molecule has 1 unspecified atom stereocenters. The molecule has 1 saturated heterocycles. The quantitative estimate of drug-likeness (QED) is 0.642. The summed E-state index contributed by atoms with van der Waals surface area (Å²) in [6.45, 7) is 5.02. The average Bonchev–Trinajstić information content (AvgIpc) is 2.52. The SMILES string of the molecule is COC(=O)CC1C(=O)NCCN1C(=S)Nc1c(C)cccc1C. The van der Waals surface area contributed by atoms with Crippen molar-refractivity contribution in [2.75, 3.05) is 25.5 Å². The normalized spacial score (nSPS) is 17.4. The Balaban J connectivity index is 2.18. The second kappa shape index (κ2) is 7.41. The Hall–Kier alpha value is -2.15. The lowest BCUT2D eigenvalue weighted by Gasteiger charge is -2.36. The van der Waals surface area contributed by atoms with Gasteiger partial charge in [0.05, 0.1) is 13.5 Å². The van der Waals surface area contributed by atoms with Crippen molar-refractivity contribution in [3.8, 4) is 0 Å².